The van der Waals surface area contributed by atoms with Crippen LogP contribution >= 0.6 is 0 Å². The van der Waals surface area contributed by atoms with Gasteiger partial charge in [-0.2, -0.15) is 0 Å². The molecule has 0 saturated heterocycles. The zero-order valence-electron chi connectivity index (χ0n) is 13.9. The molecule has 4 nitrogen and oxygen atoms in total. The van der Waals surface area contributed by atoms with E-state index in [-0.39, 0.29) is 24.2 Å². The van der Waals surface area contributed by atoms with Crippen molar-refractivity contribution in [3.63, 3.8) is 0 Å². The third-order valence-electron chi connectivity index (χ3n) is 3.74. The lowest BCUT2D eigenvalue weighted by molar-refractivity contribution is -0.117. The highest BCUT2D eigenvalue weighted by Crippen LogP contribution is 2.31. The van der Waals surface area contributed by atoms with Crippen LogP contribution in [-0.4, -0.2) is 18.8 Å². The van der Waals surface area contributed by atoms with Gasteiger partial charge >= 0.3 is 0 Å². The van der Waals surface area contributed by atoms with Crippen molar-refractivity contribution in [3.05, 3.63) is 72.8 Å². The van der Waals surface area contributed by atoms with Crippen molar-refractivity contribution in [2.24, 2.45) is 0 Å². The van der Waals surface area contributed by atoms with E-state index < -0.39 is 0 Å². The topological polar surface area (TPSA) is 46.6 Å². The Hall–Kier alpha value is -2.88. The number of carbonyl (C=O) groups excluding carboxylic acids is 2. The van der Waals surface area contributed by atoms with Crippen LogP contribution in [0.3, 0.4) is 0 Å². The molecule has 0 radical (unpaired) electrons. The number of ether oxygens (including phenoxy) is 1. The second-order valence-corrected chi connectivity index (χ2v) is 5.44. The van der Waals surface area contributed by atoms with Crippen molar-refractivity contribution in [3.8, 4) is 5.75 Å². The van der Waals surface area contributed by atoms with Crippen LogP contribution in [0, 0.1) is 0 Å². The summed E-state index contributed by atoms with van der Waals surface area (Å²) < 4.78 is 5.17. The van der Waals surface area contributed by atoms with Gasteiger partial charge in [-0.1, -0.05) is 36.9 Å². The number of amides is 1. The molecule has 0 aliphatic carbocycles. The fourth-order valence-electron chi connectivity index (χ4n) is 2.61. The van der Waals surface area contributed by atoms with Crippen LogP contribution in [0.15, 0.2) is 67.3 Å². The molecule has 0 unspecified atom stereocenters. The first-order chi connectivity index (χ1) is 11.6. The summed E-state index contributed by atoms with van der Waals surface area (Å²) in [5.74, 6) is 0.460. The molecule has 0 N–H and O–H groups in total. The first-order valence-electron chi connectivity index (χ1n) is 7.71. The minimum absolute atomic E-state index is 0.0132. The first-order valence-corrected chi connectivity index (χ1v) is 7.71. The third kappa shape index (κ3) is 4.10. The second kappa shape index (κ2) is 8.11. The van der Waals surface area contributed by atoms with Gasteiger partial charge in [0.05, 0.1) is 13.2 Å². The Morgan fingerprint density at radius 3 is 2.25 bits per heavy atom. The highest BCUT2D eigenvalue weighted by atomic mass is 16.5. The van der Waals surface area contributed by atoms with E-state index in [2.05, 4.69) is 6.58 Å². The zero-order valence-corrected chi connectivity index (χ0v) is 13.9. The summed E-state index contributed by atoms with van der Waals surface area (Å²) in [6, 6.07) is 16.3. The maximum atomic E-state index is 12.5. The molecule has 0 bridgehead atoms. The van der Waals surface area contributed by atoms with Crippen molar-refractivity contribution >= 4 is 17.4 Å². The summed E-state index contributed by atoms with van der Waals surface area (Å²) in [5.41, 5.74) is 1.59. The molecule has 0 heterocycles. The Bertz CT molecular complexity index is 707. The third-order valence-corrected chi connectivity index (χ3v) is 3.74. The Labute approximate surface area is 142 Å². The summed E-state index contributed by atoms with van der Waals surface area (Å²) >= 11 is 0. The summed E-state index contributed by atoms with van der Waals surface area (Å²) in [5, 5.41) is 0. The number of rotatable bonds is 7. The van der Waals surface area contributed by atoms with Crippen LogP contribution in [0.4, 0.5) is 5.69 Å². The van der Waals surface area contributed by atoms with Crippen LogP contribution in [0.1, 0.15) is 24.9 Å². The van der Waals surface area contributed by atoms with Gasteiger partial charge in [0.25, 0.3) is 5.91 Å². The van der Waals surface area contributed by atoms with Crippen molar-refractivity contribution in [1.82, 2.24) is 0 Å². The number of benzene rings is 2. The molecule has 0 aliphatic rings. The highest BCUT2D eigenvalue weighted by Gasteiger charge is 2.26. The molecule has 2 aromatic rings. The average Bonchev–Trinajstić information content (AvgIpc) is 2.62. The number of hydrogen-bond donors (Lipinski definition) is 0. The predicted octanol–water partition coefficient (Wildman–Crippen LogP) is 3.93. The molecule has 0 spiro atoms. The molecular weight excluding hydrogens is 302 g/mol. The first kappa shape index (κ1) is 17.5. The lowest BCUT2D eigenvalue weighted by Gasteiger charge is -2.31. The molecular formula is C20H21NO3. The van der Waals surface area contributed by atoms with E-state index in [4.69, 9.17) is 4.74 Å². The number of nitrogens with zero attached hydrogens (tertiary/aromatic N) is 1. The van der Waals surface area contributed by atoms with Crippen LogP contribution in [-0.2, 0) is 9.59 Å². The largest absolute Gasteiger partial charge is 0.497 e. The smallest absolute Gasteiger partial charge is 0.250 e. The monoisotopic (exact) mass is 323 g/mol. The van der Waals surface area contributed by atoms with Crippen molar-refractivity contribution in [2.75, 3.05) is 12.0 Å². The standard InChI is InChI=1S/C20H21NO3/c1-4-20(23)21(17-10-12-18(24-3)13-11-17)19(14-15(2)22)16-8-6-5-7-9-16/h4-13,19H,1,14H2,2-3H3/t19-/m0/s1. The van der Waals surface area contributed by atoms with E-state index in [0.717, 1.165) is 5.56 Å². The van der Waals surface area contributed by atoms with Crippen LogP contribution in [0.25, 0.3) is 0 Å². The minimum Gasteiger partial charge on any atom is -0.497 e. The van der Waals surface area contributed by atoms with Crippen LogP contribution < -0.4 is 9.64 Å². The molecule has 0 fully saturated rings. The lowest BCUT2D eigenvalue weighted by Crippen LogP contribution is -2.34. The summed E-state index contributed by atoms with van der Waals surface area (Å²) in [6.45, 7) is 5.12. The van der Waals surface area contributed by atoms with E-state index in [1.807, 2.05) is 30.3 Å². The lowest BCUT2D eigenvalue weighted by atomic mass is 9.99. The molecule has 0 aromatic heterocycles. The molecule has 124 valence electrons. The van der Waals surface area contributed by atoms with Gasteiger partial charge in [0.1, 0.15) is 11.5 Å². The summed E-state index contributed by atoms with van der Waals surface area (Å²) in [4.78, 5) is 25.9. The molecule has 0 aliphatic heterocycles. The molecule has 0 saturated carbocycles. The normalized spacial score (nSPS) is 11.4. The van der Waals surface area contributed by atoms with Gasteiger partial charge in [-0.15, -0.1) is 0 Å². The fraction of sp³-hybridized carbons (Fsp3) is 0.200. The zero-order chi connectivity index (χ0) is 17.5. The number of hydrogen-bond acceptors (Lipinski definition) is 3. The van der Waals surface area contributed by atoms with Crippen LogP contribution in [0.5, 0.6) is 5.75 Å². The SMILES string of the molecule is C=CC(=O)N(c1ccc(OC)cc1)[C@@H](CC(C)=O)c1ccccc1. The number of ketones is 1. The van der Waals surface area contributed by atoms with Crippen molar-refractivity contribution in [2.45, 2.75) is 19.4 Å². The molecule has 24 heavy (non-hydrogen) atoms. The molecule has 1 amide bonds. The Balaban J connectivity index is 2.50. The van der Waals surface area contributed by atoms with E-state index >= 15 is 0 Å². The van der Waals surface area contributed by atoms with Gasteiger partial charge in [-0.3, -0.25) is 9.59 Å². The minimum atomic E-state index is -0.386. The van der Waals surface area contributed by atoms with Crippen molar-refractivity contribution in [1.29, 1.82) is 0 Å². The molecule has 1 atom stereocenters. The van der Waals surface area contributed by atoms with E-state index in [1.165, 1.54) is 13.0 Å². The quantitative estimate of drug-likeness (QED) is 0.725. The van der Waals surface area contributed by atoms with E-state index in [9.17, 15) is 9.59 Å². The number of anilines is 1. The maximum Gasteiger partial charge on any atom is 0.250 e. The number of methoxy groups -OCH3 is 1. The van der Waals surface area contributed by atoms with E-state index in [0.29, 0.717) is 11.4 Å². The van der Waals surface area contributed by atoms with Crippen molar-refractivity contribution < 1.29 is 14.3 Å². The van der Waals surface area contributed by atoms with Gasteiger partial charge in [0.2, 0.25) is 0 Å². The second-order valence-electron chi connectivity index (χ2n) is 5.44. The Morgan fingerprint density at radius 2 is 1.75 bits per heavy atom. The van der Waals surface area contributed by atoms with Gasteiger partial charge in [-0.25, -0.2) is 0 Å². The number of Topliss-reactive ketones (excluding diaryl/α,β-unsaturated/α-hetero) is 1. The maximum absolute atomic E-state index is 12.5. The van der Waals surface area contributed by atoms with Gasteiger partial charge in [-0.05, 0) is 42.8 Å². The van der Waals surface area contributed by atoms with Gasteiger partial charge < -0.3 is 9.64 Å². The Morgan fingerprint density at radius 1 is 1.12 bits per heavy atom. The average molecular weight is 323 g/mol. The fourth-order valence-corrected chi connectivity index (χ4v) is 2.61. The predicted molar refractivity (Wildman–Crippen MR) is 95.2 cm³/mol. The number of carbonyl (C=O) groups is 2. The molecule has 2 rings (SSSR count). The van der Waals surface area contributed by atoms with E-state index in [1.54, 1.807) is 36.3 Å². The summed E-state index contributed by atoms with van der Waals surface area (Å²) in [6.07, 6.45) is 1.50. The molecule has 2 aromatic carbocycles. The van der Waals surface area contributed by atoms with Gasteiger partial charge in [0, 0.05) is 12.1 Å². The Kier molecular flexibility index (Phi) is 5.90. The highest BCUT2D eigenvalue weighted by molar-refractivity contribution is 6.02. The van der Waals surface area contributed by atoms with Gasteiger partial charge in [0.15, 0.2) is 0 Å². The summed E-state index contributed by atoms with van der Waals surface area (Å²) in [7, 11) is 1.59. The molecule has 4 heteroatoms. The van der Waals surface area contributed by atoms with Crippen LogP contribution in [0.2, 0.25) is 0 Å².